The summed E-state index contributed by atoms with van der Waals surface area (Å²) in [4.78, 5) is 20.9. The molecule has 3 rings (SSSR count). The second-order valence-corrected chi connectivity index (χ2v) is 6.89. The molecule has 11 heteroatoms. The lowest BCUT2D eigenvalue weighted by atomic mass is 10.2. The summed E-state index contributed by atoms with van der Waals surface area (Å²) in [6, 6.07) is 4.31. The topological polar surface area (TPSA) is 85.6 Å². The summed E-state index contributed by atoms with van der Waals surface area (Å²) < 4.78 is 39.8. The van der Waals surface area contributed by atoms with E-state index in [9.17, 15) is 23.1 Å². The van der Waals surface area contributed by atoms with Gasteiger partial charge in [-0.25, -0.2) is 0 Å². The van der Waals surface area contributed by atoms with Crippen LogP contribution < -0.4 is 10.9 Å². The first-order valence-corrected chi connectivity index (χ1v) is 9.37. The van der Waals surface area contributed by atoms with Gasteiger partial charge in [-0.3, -0.25) is 24.2 Å². The van der Waals surface area contributed by atoms with Crippen LogP contribution in [-0.4, -0.2) is 65.0 Å². The number of alkyl halides is 3. The maximum Gasteiger partial charge on any atom is 0.416 e. The highest BCUT2D eigenvalue weighted by Crippen LogP contribution is 2.31. The van der Waals surface area contributed by atoms with Gasteiger partial charge < -0.3 is 10.4 Å². The molecule has 1 aliphatic heterocycles. The molecule has 1 aliphatic rings. The molecule has 1 saturated heterocycles. The molecule has 2 aromatic rings. The molecule has 0 unspecified atom stereocenters. The summed E-state index contributed by atoms with van der Waals surface area (Å²) >= 11 is 5.04. The number of aliphatic imine (C=N–C) groups is 1. The van der Waals surface area contributed by atoms with Crippen molar-refractivity contribution >= 4 is 18.4 Å². The zero-order valence-corrected chi connectivity index (χ0v) is 16.2. The molecule has 1 aromatic heterocycles. The molecule has 0 bridgehead atoms. The molecular weight excluding hydrogens is 407 g/mol. The predicted molar refractivity (Wildman–Crippen MR) is 106 cm³/mol. The van der Waals surface area contributed by atoms with E-state index in [-0.39, 0.29) is 16.0 Å². The zero-order chi connectivity index (χ0) is 21.0. The Morgan fingerprint density at radius 3 is 2.69 bits per heavy atom. The molecule has 1 aromatic carbocycles. The van der Waals surface area contributed by atoms with Crippen LogP contribution in [0.3, 0.4) is 0 Å². The van der Waals surface area contributed by atoms with Crippen LogP contribution in [0.2, 0.25) is 0 Å². The average Bonchev–Trinajstić information content (AvgIpc) is 2.67. The van der Waals surface area contributed by atoms with E-state index in [0.717, 1.165) is 42.9 Å². The van der Waals surface area contributed by atoms with Crippen molar-refractivity contribution in [3.05, 3.63) is 50.5 Å². The quantitative estimate of drug-likeness (QED) is 0.502. The molecule has 0 aliphatic carbocycles. The van der Waals surface area contributed by atoms with Crippen molar-refractivity contribution in [1.82, 2.24) is 19.8 Å². The number of aromatic nitrogens is 2. The van der Waals surface area contributed by atoms with Crippen LogP contribution in [0, 0.1) is 4.77 Å². The standard InChI is InChI=1S/C18H20F3N5O2S/c19-18(20,21)12-2-1-3-13(10-12)26-16(28)14(15(27)24-17(26)29)11-23-6-9-25-7-4-22-5-8-25/h1-3,10-11,22,28H,4-9H2,(H,24,27,29). The Morgan fingerprint density at radius 1 is 1.28 bits per heavy atom. The van der Waals surface area contributed by atoms with Crippen LogP contribution in [0.25, 0.3) is 5.69 Å². The molecule has 29 heavy (non-hydrogen) atoms. The fourth-order valence-electron chi connectivity index (χ4n) is 3.01. The fraction of sp³-hybridized carbons (Fsp3) is 0.389. The van der Waals surface area contributed by atoms with Gasteiger partial charge >= 0.3 is 6.18 Å². The van der Waals surface area contributed by atoms with Gasteiger partial charge in [0.1, 0.15) is 5.56 Å². The maximum absolute atomic E-state index is 13.0. The van der Waals surface area contributed by atoms with E-state index in [1.54, 1.807) is 0 Å². The Hall–Kier alpha value is -2.50. The summed E-state index contributed by atoms with van der Waals surface area (Å²) in [5.74, 6) is -0.566. The lowest BCUT2D eigenvalue weighted by Gasteiger charge is -2.26. The predicted octanol–water partition coefficient (Wildman–Crippen LogP) is 1.94. The minimum absolute atomic E-state index is 0.0194. The number of nitrogens with zero attached hydrogens (tertiary/aromatic N) is 3. The summed E-state index contributed by atoms with van der Waals surface area (Å²) in [6.07, 6.45) is -3.33. The van der Waals surface area contributed by atoms with Gasteiger partial charge in [-0.2, -0.15) is 13.2 Å². The molecular formula is C18H20F3N5O2S. The Morgan fingerprint density at radius 2 is 2.00 bits per heavy atom. The van der Waals surface area contributed by atoms with Crippen molar-refractivity contribution in [2.24, 2.45) is 4.99 Å². The number of piperazine rings is 1. The van der Waals surface area contributed by atoms with E-state index in [4.69, 9.17) is 12.2 Å². The second kappa shape index (κ2) is 8.89. The number of nitrogens with one attached hydrogen (secondary N) is 2. The van der Waals surface area contributed by atoms with E-state index < -0.39 is 23.2 Å². The highest BCUT2D eigenvalue weighted by molar-refractivity contribution is 7.71. The van der Waals surface area contributed by atoms with Gasteiger partial charge in [-0.15, -0.1) is 0 Å². The van der Waals surface area contributed by atoms with Gasteiger partial charge in [-0.05, 0) is 30.4 Å². The van der Waals surface area contributed by atoms with Crippen LogP contribution in [0.1, 0.15) is 11.1 Å². The van der Waals surface area contributed by atoms with E-state index in [0.29, 0.717) is 13.1 Å². The summed E-state index contributed by atoms with van der Waals surface area (Å²) in [7, 11) is 0. The van der Waals surface area contributed by atoms with Crippen molar-refractivity contribution in [3.8, 4) is 11.6 Å². The van der Waals surface area contributed by atoms with Crippen LogP contribution in [0.4, 0.5) is 13.2 Å². The first-order valence-electron chi connectivity index (χ1n) is 8.96. The van der Waals surface area contributed by atoms with Crippen molar-refractivity contribution < 1.29 is 18.3 Å². The first-order chi connectivity index (χ1) is 13.8. The molecule has 0 radical (unpaired) electrons. The Bertz CT molecular complexity index is 1010. The molecule has 2 heterocycles. The summed E-state index contributed by atoms with van der Waals surface area (Å²) in [5, 5.41) is 13.8. The third-order valence-corrected chi connectivity index (χ3v) is 4.81. The summed E-state index contributed by atoms with van der Waals surface area (Å²) in [5.41, 5.74) is -1.75. The number of rotatable bonds is 5. The molecule has 0 amide bonds. The van der Waals surface area contributed by atoms with E-state index in [2.05, 4.69) is 20.2 Å². The van der Waals surface area contributed by atoms with Gasteiger partial charge in [0.15, 0.2) is 4.77 Å². The van der Waals surface area contributed by atoms with Gasteiger partial charge in [0.2, 0.25) is 5.88 Å². The van der Waals surface area contributed by atoms with Crippen LogP contribution in [-0.2, 0) is 6.18 Å². The maximum atomic E-state index is 13.0. The van der Waals surface area contributed by atoms with Gasteiger partial charge in [0.05, 0.1) is 17.8 Å². The third-order valence-electron chi connectivity index (χ3n) is 4.53. The number of aromatic hydroxyl groups is 1. The molecule has 0 atom stereocenters. The van der Waals surface area contributed by atoms with Gasteiger partial charge in [-0.1, -0.05) is 6.07 Å². The van der Waals surface area contributed by atoms with Crippen molar-refractivity contribution in [1.29, 1.82) is 0 Å². The molecule has 1 fully saturated rings. The van der Waals surface area contributed by atoms with Crippen LogP contribution >= 0.6 is 12.2 Å². The Kier molecular flexibility index (Phi) is 6.50. The molecule has 0 saturated carbocycles. The Balaban J connectivity index is 1.88. The SMILES string of the molecule is O=c1[nH]c(=S)n(-c2cccc(C(F)(F)F)c2)c(O)c1C=NCCN1CCNCC1. The third kappa shape index (κ3) is 5.11. The van der Waals surface area contributed by atoms with E-state index >= 15 is 0 Å². The lowest BCUT2D eigenvalue weighted by Crippen LogP contribution is -2.44. The van der Waals surface area contributed by atoms with Crippen LogP contribution in [0.15, 0.2) is 34.1 Å². The minimum Gasteiger partial charge on any atom is -0.494 e. The summed E-state index contributed by atoms with van der Waals surface area (Å²) in [6.45, 7) is 4.73. The van der Waals surface area contributed by atoms with E-state index in [1.165, 1.54) is 18.3 Å². The highest BCUT2D eigenvalue weighted by atomic mass is 32.1. The number of benzene rings is 1. The molecule has 3 N–H and O–H groups in total. The molecule has 7 nitrogen and oxygen atoms in total. The highest BCUT2D eigenvalue weighted by Gasteiger charge is 2.30. The normalized spacial score (nSPS) is 15.8. The first kappa shape index (κ1) is 21.2. The lowest BCUT2D eigenvalue weighted by molar-refractivity contribution is -0.137. The van der Waals surface area contributed by atoms with Gasteiger partial charge in [0.25, 0.3) is 5.56 Å². The van der Waals surface area contributed by atoms with Crippen molar-refractivity contribution in [2.75, 3.05) is 39.3 Å². The molecule has 156 valence electrons. The smallest absolute Gasteiger partial charge is 0.416 e. The Labute approximate surface area is 169 Å². The number of halogens is 3. The number of aromatic amines is 1. The molecule has 0 spiro atoms. The minimum atomic E-state index is -4.55. The number of H-pyrrole nitrogens is 1. The number of hydrogen-bond acceptors (Lipinski definition) is 6. The zero-order valence-electron chi connectivity index (χ0n) is 15.4. The van der Waals surface area contributed by atoms with E-state index in [1.807, 2.05) is 0 Å². The monoisotopic (exact) mass is 427 g/mol. The fourth-order valence-corrected chi connectivity index (χ4v) is 3.29. The average molecular weight is 427 g/mol. The van der Waals surface area contributed by atoms with Gasteiger partial charge in [0, 0.05) is 38.9 Å². The largest absolute Gasteiger partial charge is 0.494 e. The number of hydrogen-bond donors (Lipinski definition) is 3. The second-order valence-electron chi connectivity index (χ2n) is 6.51. The van der Waals surface area contributed by atoms with Crippen LogP contribution in [0.5, 0.6) is 5.88 Å². The van der Waals surface area contributed by atoms with Crippen molar-refractivity contribution in [2.45, 2.75) is 6.18 Å². The van der Waals surface area contributed by atoms with Crippen molar-refractivity contribution in [3.63, 3.8) is 0 Å².